The van der Waals surface area contributed by atoms with Gasteiger partial charge in [-0.05, 0) is 63.4 Å². The van der Waals surface area contributed by atoms with Gasteiger partial charge in [-0.2, -0.15) is 0 Å². The molecule has 4 aromatic rings. The SMILES string of the molecule is Cc1cc(-c2cc(C(=O)NCc3cccc(NC(=O)C4CC4)c3)c3c(C)noc3n2)c(C)o1. The number of aryl methyl sites for hydroxylation is 3. The highest BCUT2D eigenvalue weighted by molar-refractivity contribution is 6.07. The summed E-state index contributed by atoms with van der Waals surface area (Å²) in [5, 5.41) is 10.5. The summed E-state index contributed by atoms with van der Waals surface area (Å²) < 4.78 is 11.0. The van der Waals surface area contributed by atoms with Crippen molar-refractivity contribution >= 4 is 28.6 Å². The van der Waals surface area contributed by atoms with Gasteiger partial charge in [0.1, 0.15) is 11.5 Å². The van der Waals surface area contributed by atoms with Gasteiger partial charge in [0.05, 0.1) is 22.3 Å². The molecule has 0 spiro atoms. The van der Waals surface area contributed by atoms with Crippen molar-refractivity contribution in [1.82, 2.24) is 15.5 Å². The number of benzene rings is 1. The number of hydrogen-bond acceptors (Lipinski definition) is 6. The Morgan fingerprint density at radius 2 is 1.94 bits per heavy atom. The molecule has 168 valence electrons. The fourth-order valence-electron chi connectivity index (χ4n) is 3.92. The molecule has 2 amide bonds. The molecule has 3 aromatic heterocycles. The zero-order valence-electron chi connectivity index (χ0n) is 18.7. The topological polar surface area (TPSA) is 110 Å². The number of furan rings is 1. The number of pyridine rings is 1. The normalized spacial score (nSPS) is 13.3. The van der Waals surface area contributed by atoms with E-state index in [0.29, 0.717) is 40.4 Å². The lowest BCUT2D eigenvalue weighted by molar-refractivity contribution is -0.117. The van der Waals surface area contributed by atoms with Gasteiger partial charge in [0.25, 0.3) is 11.6 Å². The van der Waals surface area contributed by atoms with E-state index in [1.165, 1.54) is 0 Å². The maximum atomic E-state index is 13.2. The number of carbonyl (C=O) groups is 2. The molecular weight excluding hydrogens is 420 g/mol. The Balaban J connectivity index is 1.40. The molecule has 1 fully saturated rings. The van der Waals surface area contributed by atoms with Gasteiger partial charge in [0.2, 0.25) is 5.91 Å². The number of carbonyl (C=O) groups excluding carboxylic acids is 2. The Morgan fingerprint density at radius 1 is 1.12 bits per heavy atom. The average molecular weight is 444 g/mol. The number of rotatable bonds is 6. The first kappa shape index (κ1) is 20.9. The second-order valence-electron chi connectivity index (χ2n) is 8.48. The fraction of sp³-hybridized carbons (Fsp3) is 0.280. The van der Waals surface area contributed by atoms with Crippen LogP contribution in [0, 0.1) is 26.7 Å². The minimum atomic E-state index is -0.264. The first-order chi connectivity index (χ1) is 15.9. The molecule has 5 rings (SSSR count). The number of nitrogens with one attached hydrogen (secondary N) is 2. The van der Waals surface area contributed by atoms with Crippen LogP contribution < -0.4 is 10.6 Å². The van der Waals surface area contributed by atoms with Crippen LogP contribution >= 0.6 is 0 Å². The van der Waals surface area contributed by atoms with Gasteiger partial charge in [0.15, 0.2) is 0 Å². The number of anilines is 1. The smallest absolute Gasteiger partial charge is 0.259 e. The summed E-state index contributed by atoms with van der Waals surface area (Å²) in [6.07, 6.45) is 1.90. The fourth-order valence-corrected chi connectivity index (χ4v) is 3.92. The van der Waals surface area contributed by atoms with Crippen molar-refractivity contribution in [3.05, 3.63) is 64.7 Å². The summed E-state index contributed by atoms with van der Waals surface area (Å²) >= 11 is 0. The van der Waals surface area contributed by atoms with Gasteiger partial charge in [-0.15, -0.1) is 0 Å². The van der Waals surface area contributed by atoms with Gasteiger partial charge in [-0.25, -0.2) is 4.98 Å². The Morgan fingerprint density at radius 3 is 2.67 bits per heavy atom. The highest BCUT2D eigenvalue weighted by atomic mass is 16.5. The third kappa shape index (κ3) is 4.24. The molecule has 1 aliphatic rings. The number of hydrogen-bond donors (Lipinski definition) is 2. The lowest BCUT2D eigenvalue weighted by Gasteiger charge is -2.10. The molecule has 8 nitrogen and oxygen atoms in total. The van der Waals surface area contributed by atoms with E-state index >= 15 is 0 Å². The summed E-state index contributed by atoms with van der Waals surface area (Å²) in [4.78, 5) is 29.8. The Bertz CT molecular complexity index is 1380. The zero-order chi connectivity index (χ0) is 23.1. The Labute approximate surface area is 190 Å². The van der Waals surface area contributed by atoms with Crippen LogP contribution in [0.2, 0.25) is 0 Å². The molecule has 0 saturated heterocycles. The number of fused-ring (bicyclic) bond motifs is 1. The first-order valence-electron chi connectivity index (χ1n) is 10.9. The summed E-state index contributed by atoms with van der Waals surface area (Å²) in [5.74, 6) is 1.40. The monoisotopic (exact) mass is 444 g/mol. The van der Waals surface area contributed by atoms with Crippen molar-refractivity contribution in [2.75, 3.05) is 5.32 Å². The van der Waals surface area contributed by atoms with Crippen LogP contribution in [0.4, 0.5) is 5.69 Å². The van der Waals surface area contributed by atoms with Crippen molar-refractivity contribution in [3.8, 4) is 11.3 Å². The quantitative estimate of drug-likeness (QED) is 0.447. The molecule has 0 bridgehead atoms. The molecule has 8 heteroatoms. The van der Waals surface area contributed by atoms with Crippen LogP contribution in [0.3, 0.4) is 0 Å². The Kier molecular flexibility index (Phi) is 5.20. The highest BCUT2D eigenvalue weighted by Crippen LogP contribution is 2.31. The van der Waals surface area contributed by atoms with Crippen LogP contribution in [0.25, 0.3) is 22.4 Å². The van der Waals surface area contributed by atoms with Crippen LogP contribution in [0.15, 0.2) is 45.3 Å². The predicted molar refractivity (Wildman–Crippen MR) is 123 cm³/mol. The van der Waals surface area contributed by atoms with E-state index < -0.39 is 0 Å². The second kappa shape index (κ2) is 8.20. The molecule has 1 saturated carbocycles. The number of nitrogens with zero attached hydrogens (tertiary/aromatic N) is 2. The number of amides is 2. The van der Waals surface area contributed by atoms with Gasteiger partial charge < -0.3 is 19.6 Å². The third-order valence-electron chi connectivity index (χ3n) is 5.77. The van der Waals surface area contributed by atoms with Gasteiger partial charge in [-0.1, -0.05) is 17.3 Å². The maximum absolute atomic E-state index is 13.2. The zero-order valence-corrected chi connectivity index (χ0v) is 18.7. The highest BCUT2D eigenvalue weighted by Gasteiger charge is 2.29. The summed E-state index contributed by atoms with van der Waals surface area (Å²) in [6.45, 7) is 5.81. The van der Waals surface area contributed by atoms with E-state index in [2.05, 4.69) is 20.8 Å². The van der Waals surface area contributed by atoms with Crippen LogP contribution in [0.5, 0.6) is 0 Å². The average Bonchev–Trinajstić information content (AvgIpc) is 3.51. The lowest BCUT2D eigenvalue weighted by atomic mass is 10.1. The molecule has 1 aromatic carbocycles. The van der Waals surface area contributed by atoms with E-state index in [1.807, 2.05) is 44.2 Å². The Hall–Kier alpha value is -3.94. The van der Waals surface area contributed by atoms with E-state index in [4.69, 9.17) is 8.94 Å². The van der Waals surface area contributed by atoms with Crippen molar-refractivity contribution in [1.29, 1.82) is 0 Å². The predicted octanol–water partition coefficient (Wildman–Crippen LogP) is 4.69. The van der Waals surface area contributed by atoms with Crippen LogP contribution in [0.1, 0.15) is 46.0 Å². The van der Waals surface area contributed by atoms with Gasteiger partial charge in [0, 0.05) is 23.7 Å². The molecule has 0 unspecified atom stereocenters. The molecule has 0 aliphatic heterocycles. The van der Waals surface area contributed by atoms with Gasteiger partial charge in [-0.3, -0.25) is 9.59 Å². The molecule has 0 atom stereocenters. The van der Waals surface area contributed by atoms with Crippen molar-refractivity contribution < 1.29 is 18.5 Å². The largest absolute Gasteiger partial charge is 0.466 e. The van der Waals surface area contributed by atoms with E-state index in [9.17, 15) is 9.59 Å². The van der Waals surface area contributed by atoms with Crippen molar-refractivity contribution in [2.45, 2.75) is 40.2 Å². The summed E-state index contributed by atoms with van der Waals surface area (Å²) in [6, 6.07) is 11.1. The third-order valence-corrected chi connectivity index (χ3v) is 5.77. The first-order valence-corrected chi connectivity index (χ1v) is 10.9. The van der Waals surface area contributed by atoms with Crippen LogP contribution in [-0.2, 0) is 11.3 Å². The molecule has 2 N–H and O–H groups in total. The molecular formula is C25H24N4O4. The van der Waals surface area contributed by atoms with Crippen molar-refractivity contribution in [2.24, 2.45) is 5.92 Å². The van der Waals surface area contributed by atoms with E-state index in [0.717, 1.165) is 35.4 Å². The molecule has 33 heavy (non-hydrogen) atoms. The van der Waals surface area contributed by atoms with Crippen molar-refractivity contribution in [3.63, 3.8) is 0 Å². The summed E-state index contributed by atoms with van der Waals surface area (Å²) in [5.41, 5.74) is 4.33. The molecule has 3 heterocycles. The molecule has 1 aliphatic carbocycles. The summed E-state index contributed by atoms with van der Waals surface area (Å²) in [7, 11) is 0. The lowest BCUT2D eigenvalue weighted by Crippen LogP contribution is -2.23. The van der Waals surface area contributed by atoms with Crippen LogP contribution in [-0.4, -0.2) is 22.0 Å². The second-order valence-corrected chi connectivity index (χ2v) is 8.48. The van der Waals surface area contributed by atoms with E-state index in [1.54, 1.807) is 13.0 Å². The van der Waals surface area contributed by atoms with Gasteiger partial charge >= 0.3 is 0 Å². The minimum Gasteiger partial charge on any atom is -0.466 e. The number of aromatic nitrogens is 2. The standard InChI is InChI=1S/C25H24N4O4/c1-13-9-19(15(3)32-13)21-11-20(22-14(2)29-33-25(22)28-21)24(31)26-12-16-5-4-6-18(10-16)27-23(30)17-7-8-17/h4-6,9-11,17H,7-8,12H2,1-3H3,(H,26,31)(H,27,30). The maximum Gasteiger partial charge on any atom is 0.259 e. The minimum absolute atomic E-state index is 0.0515. The molecule has 0 radical (unpaired) electrons. The van der Waals surface area contributed by atoms with E-state index in [-0.39, 0.29) is 17.7 Å².